The lowest BCUT2D eigenvalue weighted by molar-refractivity contribution is -0.0283. The highest BCUT2D eigenvalue weighted by Gasteiger charge is 1.98. The van der Waals surface area contributed by atoms with Gasteiger partial charge in [0.15, 0.2) is 0 Å². The van der Waals surface area contributed by atoms with Crippen LogP contribution in [0.5, 0.6) is 0 Å². The fourth-order valence-electron chi connectivity index (χ4n) is 2.74. The van der Waals surface area contributed by atoms with E-state index >= 15 is 0 Å². The van der Waals surface area contributed by atoms with Gasteiger partial charge in [0, 0.05) is 13.7 Å². The third-order valence-electron chi connectivity index (χ3n) is 5.25. The van der Waals surface area contributed by atoms with Crippen LogP contribution in [0.25, 0.3) is 0 Å². The van der Waals surface area contributed by atoms with Gasteiger partial charge in [-0.05, 0) is 5.92 Å². The van der Waals surface area contributed by atoms with Crippen LogP contribution in [0.2, 0.25) is 0 Å². The van der Waals surface area contributed by atoms with Crippen molar-refractivity contribution in [3.8, 4) is 0 Å². The molecule has 0 fully saturated rings. The molecular weight excluding hydrogens is 528 g/mol. The molecule has 0 aromatic rings. The maximum atomic E-state index is 5.53. The van der Waals surface area contributed by atoms with Gasteiger partial charge in [0.2, 0.25) is 0 Å². The fraction of sp³-hybridized carbons (Fsp3) is 1.00. The zero-order chi connectivity index (χ0) is 29.0. The van der Waals surface area contributed by atoms with Crippen molar-refractivity contribution >= 4 is 0 Å². The maximum Gasteiger partial charge on any atom is 0.0701 e. The van der Waals surface area contributed by atoms with Gasteiger partial charge in [-0.15, -0.1) is 0 Å². The molecule has 0 saturated carbocycles. The molecule has 40 heavy (non-hydrogen) atoms. The monoisotopic (exact) mass is 586 g/mol. The van der Waals surface area contributed by atoms with Crippen LogP contribution in [0.4, 0.5) is 0 Å². The molecule has 242 valence electrons. The van der Waals surface area contributed by atoms with Crippen molar-refractivity contribution in [1.29, 1.82) is 0 Å². The van der Waals surface area contributed by atoms with Crippen LogP contribution < -0.4 is 0 Å². The Morgan fingerprint density at radius 1 is 0.325 bits per heavy atom. The molecule has 1 atom stereocenters. The highest BCUT2D eigenvalue weighted by molar-refractivity contribution is 4.46. The standard InChI is InChI=1S/C28H58O12/c1-4-28(2)27-40-26-25-39-24-23-38-22-21-37-20-19-36-18-17-35-16-15-34-14-13-33-12-11-32-10-9-31-8-7-30-6-5-29-3/h28H,4-27H2,1-3H3. The summed E-state index contributed by atoms with van der Waals surface area (Å²) in [6, 6.07) is 0. The second-order valence-electron chi connectivity index (χ2n) is 8.70. The summed E-state index contributed by atoms with van der Waals surface area (Å²) in [5.41, 5.74) is 0. The zero-order valence-electron chi connectivity index (χ0n) is 25.4. The first kappa shape index (κ1) is 39.5. The third-order valence-corrected chi connectivity index (χ3v) is 5.25. The summed E-state index contributed by atoms with van der Waals surface area (Å²) < 4.78 is 64.8. The summed E-state index contributed by atoms with van der Waals surface area (Å²) in [5, 5.41) is 0. The molecule has 0 radical (unpaired) electrons. The number of ether oxygens (including phenoxy) is 12. The van der Waals surface area contributed by atoms with Crippen LogP contribution in [0.1, 0.15) is 20.3 Å². The number of hydrogen-bond donors (Lipinski definition) is 0. The molecule has 0 saturated heterocycles. The van der Waals surface area contributed by atoms with Crippen molar-refractivity contribution in [2.45, 2.75) is 20.3 Å². The summed E-state index contributed by atoms with van der Waals surface area (Å²) in [7, 11) is 1.65. The van der Waals surface area contributed by atoms with Gasteiger partial charge in [0.25, 0.3) is 0 Å². The zero-order valence-corrected chi connectivity index (χ0v) is 25.4. The van der Waals surface area contributed by atoms with Crippen LogP contribution in [-0.4, -0.2) is 159 Å². The quantitative estimate of drug-likeness (QED) is 0.1000. The lowest BCUT2D eigenvalue weighted by Gasteiger charge is -2.10. The van der Waals surface area contributed by atoms with Crippen molar-refractivity contribution in [1.82, 2.24) is 0 Å². The van der Waals surface area contributed by atoms with E-state index < -0.39 is 0 Å². The minimum atomic E-state index is 0.520. The Balaban J connectivity index is 3.03. The fourth-order valence-corrected chi connectivity index (χ4v) is 2.74. The van der Waals surface area contributed by atoms with Gasteiger partial charge in [-0.1, -0.05) is 20.3 Å². The van der Waals surface area contributed by atoms with Crippen LogP contribution in [0, 0.1) is 5.92 Å². The second kappa shape index (κ2) is 36.5. The van der Waals surface area contributed by atoms with E-state index in [-0.39, 0.29) is 0 Å². The van der Waals surface area contributed by atoms with Crippen molar-refractivity contribution < 1.29 is 56.8 Å². The molecule has 0 bridgehead atoms. The SMILES string of the molecule is CCC(C)COCCOCCOCCOCCOCCOCCOCCOCCOCCOCCOCCOC. The molecule has 0 aliphatic heterocycles. The summed E-state index contributed by atoms with van der Waals surface area (Å²) in [4.78, 5) is 0. The van der Waals surface area contributed by atoms with E-state index in [1.807, 2.05) is 0 Å². The van der Waals surface area contributed by atoms with E-state index in [1.54, 1.807) is 7.11 Å². The first-order valence-electron chi connectivity index (χ1n) is 14.6. The van der Waals surface area contributed by atoms with Crippen molar-refractivity contribution in [2.75, 3.05) is 159 Å². The van der Waals surface area contributed by atoms with E-state index in [0.717, 1.165) is 13.0 Å². The lowest BCUT2D eigenvalue weighted by Crippen LogP contribution is -2.15. The van der Waals surface area contributed by atoms with Crippen LogP contribution in [0.3, 0.4) is 0 Å². The molecule has 0 aliphatic rings. The smallest absolute Gasteiger partial charge is 0.0701 e. The van der Waals surface area contributed by atoms with E-state index in [0.29, 0.717) is 151 Å². The molecule has 0 rings (SSSR count). The maximum absolute atomic E-state index is 5.53. The van der Waals surface area contributed by atoms with Crippen LogP contribution in [0.15, 0.2) is 0 Å². The van der Waals surface area contributed by atoms with Gasteiger partial charge in [-0.2, -0.15) is 0 Å². The molecule has 0 aromatic heterocycles. The average Bonchev–Trinajstić information content (AvgIpc) is 2.97. The van der Waals surface area contributed by atoms with E-state index in [4.69, 9.17) is 56.8 Å². The Morgan fingerprint density at radius 3 is 0.725 bits per heavy atom. The molecule has 0 heterocycles. The summed E-state index contributed by atoms with van der Waals surface area (Å²) in [5.74, 6) is 0.600. The molecule has 0 N–H and O–H groups in total. The molecule has 0 amide bonds. The van der Waals surface area contributed by atoms with Gasteiger partial charge < -0.3 is 56.8 Å². The minimum absolute atomic E-state index is 0.520. The Morgan fingerprint density at radius 2 is 0.525 bits per heavy atom. The third kappa shape index (κ3) is 35.5. The largest absolute Gasteiger partial charge is 0.382 e. The first-order chi connectivity index (χ1) is 19.8. The topological polar surface area (TPSA) is 111 Å². The van der Waals surface area contributed by atoms with Gasteiger partial charge in [0.1, 0.15) is 0 Å². The van der Waals surface area contributed by atoms with E-state index in [9.17, 15) is 0 Å². The normalized spacial score (nSPS) is 12.4. The van der Waals surface area contributed by atoms with Crippen molar-refractivity contribution in [2.24, 2.45) is 5.92 Å². The predicted molar refractivity (Wildman–Crippen MR) is 150 cm³/mol. The number of methoxy groups -OCH3 is 1. The van der Waals surface area contributed by atoms with E-state index in [2.05, 4.69) is 13.8 Å². The molecule has 1 unspecified atom stereocenters. The minimum Gasteiger partial charge on any atom is -0.382 e. The summed E-state index contributed by atoms with van der Waals surface area (Å²) >= 11 is 0. The average molecular weight is 587 g/mol. The van der Waals surface area contributed by atoms with Gasteiger partial charge in [0.05, 0.1) is 145 Å². The molecule has 12 heteroatoms. The lowest BCUT2D eigenvalue weighted by atomic mass is 10.1. The first-order valence-corrected chi connectivity index (χ1v) is 14.6. The van der Waals surface area contributed by atoms with Gasteiger partial charge in [-0.25, -0.2) is 0 Å². The highest BCUT2D eigenvalue weighted by Crippen LogP contribution is 2.00. The molecule has 0 aromatic carbocycles. The van der Waals surface area contributed by atoms with Crippen molar-refractivity contribution in [3.63, 3.8) is 0 Å². The Hall–Kier alpha value is -0.480. The number of hydrogen-bond acceptors (Lipinski definition) is 12. The Kier molecular flexibility index (Phi) is 36.1. The van der Waals surface area contributed by atoms with Crippen LogP contribution >= 0.6 is 0 Å². The number of rotatable bonds is 36. The van der Waals surface area contributed by atoms with Crippen LogP contribution in [-0.2, 0) is 56.8 Å². The highest BCUT2D eigenvalue weighted by atomic mass is 16.6. The summed E-state index contributed by atoms with van der Waals surface area (Å²) in [6.45, 7) is 17.2. The second-order valence-corrected chi connectivity index (χ2v) is 8.70. The van der Waals surface area contributed by atoms with Crippen molar-refractivity contribution in [3.05, 3.63) is 0 Å². The molecule has 0 spiro atoms. The molecular formula is C28H58O12. The predicted octanol–water partition coefficient (Wildman–Crippen LogP) is 1.86. The molecule has 12 nitrogen and oxygen atoms in total. The van der Waals surface area contributed by atoms with Gasteiger partial charge >= 0.3 is 0 Å². The Labute approximate surface area is 242 Å². The van der Waals surface area contributed by atoms with Gasteiger partial charge in [-0.3, -0.25) is 0 Å². The molecule has 0 aliphatic carbocycles. The Bertz CT molecular complexity index is 448. The summed E-state index contributed by atoms with van der Waals surface area (Å²) in [6.07, 6.45) is 1.13. The van der Waals surface area contributed by atoms with E-state index in [1.165, 1.54) is 0 Å².